The van der Waals surface area contributed by atoms with Crippen LogP contribution in [0.25, 0.3) is 0 Å². The Labute approximate surface area is 132 Å². The summed E-state index contributed by atoms with van der Waals surface area (Å²) >= 11 is 0. The smallest absolute Gasteiger partial charge is 0.406 e. The second-order valence-corrected chi connectivity index (χ2v) is 4.91. The maximum atomic E-state index is 12.0. The molecule has 0 aromatic heterocycles. The molecule has 1 rings (SSSR count). The van der Waals surface area contributed by atoms with Crippen LogP contribution in [0.15, 0.2) is 24.3 Å². The molecule has 0 bridgehead atoms. The topological polar surface area (TPSA) is 67.4 Å². The Morgan fingerprint density at radius 1 is 1.09 bits per heavy atom. The molecule has 0 aliphatic carbocycles. The average molecular weight is 332 g/mol. The number of benzene rings is 1. The zero-order chi connectivity index (χ0) is 17.3. The number of rotatable bonds is 8. The van der Waals surface area contributed by atoms with E-state index in [-0.39, 0.29) is 17.6 Å². The van der Waals surface area contributed by atoms with Gasteiger partial charge in [0.2, 0.25) is 11.8 Å². The zero-order valence-electron chi connectivity index (χ0n) is 12.7. The number of amides is 2. The number of carbonyl (C=O) groups excluding carboxylic acids is 2. The molecule has 0 aliphatic rings. The molecule has 1 aromatic rings. The van der Waals surface area contributed by atoms with Crippen LogP contribution >= 0.6 is 0 Å². The lowest BCUT2D eigenvalue weighted by Gasteiger charge is -2.10. The monoisotopic (exact) mass is 332 g/mol. The molecule has 5 nitrogen and oxygen atoms in total. The maximum absolute atomic E-state index is 12.0. The standard InChI is InChI=1S/C15H19F3N2O3/c1-11(21)19-10-4-2-3-5-14(22)20-12-6-8-13(9-7-12)23-15(16,17)18/h6-9H,2-5,10H2,1H3,(H,19,21)(H,20,22). The van der Waals surface area contributed by atoms with Crippen LogP contribution in [-0.4, -0.2) is 24.7 Å². The molecule has 0 heterocycles. The molecular weight excluding hydrogens is 313 g/mol. The van der Waals surface area contributed by atoms with Crippen molar-refractivity contribution in [2.24, 2.45) is 0 Å². The van der Waals surface area contributed by atoms with Crippen LogP contribution in [0.3, 0.4) is 0 Å². The second kappa shape index (κ2) is 9.02. The van der Waals surface area contributed by atoms with Crippen LogP contribution in [0.1, 0.15) is 32.6 Å². The second-order valence-electron chi connectivity index (χ2n) is 4.91. The van der Waals surface area contributed by atoms with Crippen LogP contribution in [-0.2, 0) is 9.59 Å². The Morgan fingerprint density at radius 3 is 2.30 bits per heavy atom. The molecule has 0 unspecified atom stereocenters. The molecule has 0 saturated carbocycles. The summed E-state index contributed by atoms with van der Waals surface area (Å²) in [5.41, 5.74) is 0.405. The number of hydrogen-bond acceptors (Lipinski definition) is 3. The average Bonchev–Trinajstić information content (AvgIpc) is 2.43. The van der Waals surface area contributed by atoms with Crippen LogP contribution in [0.5, 0.6) is 5.75 Å². The number of hydrogen-bond donors (Lipinski definition) is 2. The van der Waals surface area contributed by atoms with Gasteiger partial charge in [-0.2, -0.15) is 0 Å². The molecule has 1 aromatic carbocycles. The predicted octanol–water partition coefficient (Wildman–Crippen LogP) is 3.22. The highest BCUT2D eigenvalue weighted by atomic mass is 19.4. The van der Waals surface area contributed by atoms with E-state index in [1.54, 1.807) is 0 Å². The minimum Gasteiger partial charge on any atom is -0.406 e. The van der Waals surface area contributed by atoms with E-state index in [0.717, 1.165) is 25.0 Å². The molecular formula is C15H19F3N2O3. The van der Waals surface area contributed by atoms with Crippen molar-refractivity contribution < 1.29 is 27.5 Å². The summed E-state index contributed by atoms with van der Waals surface area (Å²) in [5.74, 6) is -0.636. The first-order chi connectivity index (χ1) is 10.8. The molecule has 0 aliphatic heterocycles. The molecule has 2 amide bonds. The molecule has 2 N–H and O–H groups in total. The summed E-state index contributed by atoms with van der Waals surface area (Å²) in [7, 11) is 0. The Balaban J connectivity index is 2.25. The van der Waals surface area contributed by atoms with Crippen LogP contribution < -0.4 is 15.4 Å². The van der Waals surface area contributed by atoms with Crippen LogP contribution in [0.4, 0.5) is 18.9 Å². The van der Waals surface area contributed by atoms with E-state index in [4.69, 9.17) is 0 Å². The molecule has 0 spiro atoms. The summed E-state index contributed by atoms with van der Waals surface area (Å²) < 4.78 is 39.8. The molecule has 0 atom stereocenters. The van der Waals surface area contributed by atoms with Crippen LogP contribution in [0, 0.1) is 0 Å². The van der Waals surface area contributed by atoms with Gasteiger partial charge in [-0.3, -0.25) is 9.59 Å². The molecule has 23 heavy (non-hydrogen) atoms. The summed E-state index contributed by atoms with van der Waals surface area (Å²) in [6.45, 7) is 2.02. The van der Waals surface area contributed by atoms with Gasteiger partial charge in [-0.05, 0) is 37.1 Å². The quantitative estimate of drug-likeness (QED) is 0.718. The van der Waals surface area contributed by atoms with Crippen molar-refractivity contribution in [2.75, 3.05) is 11.9 Å². The van der Waals surface area contributed by atoms with Gasteiger partial charge >= 0.3 is 6.36 Å². The molecule has 0 saturated heterocycles. The summed E-state index contributed by atoms with van der Waals surface area (Å²) in [6, 6.07) is 4.96. The van der Waals surface area contributed by atoms with E-state index in [1.165, 1.54) is 19.1 Å². The van der Waals surface area contributed by atoms with Gasteiger partial charge in [-0.15, -0.1) is 13.2 Å². The van der Waals surface area contributed by atoms with Gasteiger partial charge in [0.05, 0.1) is 0 Å². The predicted molar refractivity (Wildman–Crippen MR) is 78.9 cm³/mol. The van der Waals surface area contributed by atoms with Gasteiger partial charge in [-0.1, -0.05) is 6.42 Å². The Bertz CT molecular complexity index is 516. The number of ether oxygens (including phenoxy) is 1. The van der Waals surface area contributed by atoms with Gasteiger partial charge in [0.1, 0.15) is 5.75 Å². The lowest BCUT2D eigenvalue weighted by Crippen LogP contribution is -2.20. The van der Waals surface area contributed by atoms with Gasteiger partial charge in [-0.25, -0.2) is 0 Å². The number of carbonyl (C=O) groups is 2. The minimum atomic E-state index is -4.73. The van der Waals surface area contributed by atoms with Crippen molar-refractivity contribution in [3.63, 3.8) is 0 Å². The third-order valence-corrected chi connectivity index (χ3v) is 2.83. The third kappa shape index (κ3) is 9.38. The summed E-state index contributed by atoms with van der Waals surface area (Å²) in [5, 5.41) is 5.26. The van der Waals surface area contributed by atoms with E-state index in [1.807, 2.05) is 0 Å². The van der Waals surface area contributed by atoms with Crippen molar-refractivity contribution in [1.82, 2.24) is 5.32 Å². The fraction of sp³-hybridized carbons (Fsp3) is 0.467. The first-order valence-corrected chi connectivity index (χ1v) is 7.16. The molecule has 0 fully saturated rings. The van der Waals surface area contributed by atoms with Gasteiger partial charge in [0.15, 0.2) is 0 Å². The lowest BCUT2D eigenvalue weighted by molar-refractivity contribution is -0.274. The Kier molecular flexibility index (Phi) is 7.37. The summed E-state index contributed by atoms with van der Waals surface area (Å²) in [4.78, 5) is 22.3. The fourth-order valence-electron chi connectivity index (χ4n) is 1.82. The highest BCUT2D eigenvalue weighted by Gasteiger charge is 2.30. The van der Waals surface area contributed by atoms with Crippen molar-refractivity contribution in [3.8, 4) is 5.75 Å². The van der Waals surface area contributed by atoms with E-state index >= 15 is 0 Å². The van der Waals surface area contributed by atoms with Gasteiger partial charge < -0.3 is 15.4 Å². The zero-order valence-corrected chi connectivity index (χ0v) is 12.7. The highest BCUT2D eigenvalue weighted by molar-refractivity contribution is 5.90. The number of halogens is 3. The summed E-state index contributed by atoms with van der Waals surface area (Å²) in [6.07, 6.45) is -2.17. The van der Waals surface area contributed by atoms with Gasteiger partial charge in [0.25, 0.3) is 0 Å². The normalized spacial score (nSPS) is 11.0. The van der Waals surface area contributed by atoms with Crippen molar-refractivity contribution in [3.05, 3.63) is 24.3 Å². The first kappa shape index (κ1) is 18.8. The fourth-order valence-corrected chi connectivity index (χ4v) is 1.82. The van der Waals surface area contributed by atoms with E-state index in [0.29, 0.717) is 25.1 Å². The van der Waals surface area contributed by atoms with Crippen LogP contribution in [0.2, 0.25) is 0 Å². The molecule has 128 valence electrons. The van der Waals surface area contributed by atoms with Crippen molar-refractivity contribution in [1.29, 1.82) is 0 Å². The minimum absolute atomic E-state index is 0.0827. The first-order valence-electron chi connectivity index (χ1n) is 7.16. The lowest BCUT2D eigenvalue weighted by atomic mass is 10.2. The number of unbranched alkanes of at least 4 members (excludes halogenated alkanes) is 2. The number of alkyl halides is 3. The van der Waals surface area contributed by atoms with E-state index < -0.39 is 6.36 Å². The number of nitrogens with one attached hydrogen (secondary N) is 2. The van der Waals surface area contributed by atoms with E-state index in [2.05, 4.69) is 15.4 Å². The highest BCUT2D eigenvalue weighted by Crippen LogP contribution is 2.24. The molecule has 0 radical (unpaired) electrons. The SMILES string of the molecule is CC(=O)NCCCCCC(=O)Nc1ccc(OC(F)(F)F)cc1. The Hall–Kier alpha value is -2.25. The third-order valence-electron chi connectivity index (χ3n) is 2.83. The Morgan fingerprint density at radius 2 is 1.74 bits per heavy atom. The largest absolute Gasteiger partial charge is 0.573 e. The van der Waals surface area contributed by atoms with E-state index in [9.17, 15) is 22.8 Å². The number of anilines is 1. The van der Waals surface area contributed by atoms with Crippen molar-refractivity contribution >= 4 is 17.5 Å². The van der Waals surface area contributed by atoms with Crippen molar-refractivity contribution in [2.45, 2.75) is 39.0 Å². The van der Waals surface area contributed by atoms with Gasteiger partial charge in [0, 0.05) is 25.6 Å². The maximum Gasteiger partial charge on any atom is 0.573 e. The molecule has 8 heteroatoms.